The van der Waals surface area contributed by atoms with Crippen LogP contribution >= 0.6 is 0 Å². The Balaban J connectivity index is 1.53. The first-order chi connectivity index (χ1) is 17.3. The minimum Gasteiger partial charge on any atom is -0.493 e. The van der Waals surface area contributed by atoms with Crippen molar-refractivity contribution in [1.82, 2.24) is 10.1 Å². The number of aryl methyl sites for hydroxylation is 1. The summed E-state index contributed by atoms with van der Waals surface area (Å²) in [5.74, 6) is -0.715. The number of rotatable bonds is 10. The highest BCUT2D eigenvalue weighted by Crippen LogP contribution is 2.27. The first kappa shape index (κ1) is 26.3. The van der Waals surface area contributed by atoms with Crippen LogP contribution in [0, 0.1) is 6.92 Å². The van der Waals surface area contributed by atoms with E-state index in [0.717, 1.165) is 11.1 Å². The molecule has 0 saturated carbocycles. The third kappa shape index (κ3) is 7.90. The van der Waals surface area contributed by atoms with Gasteiger partial charge in [0.15, 0.2) is 11.5 Å². The summed E-state index contributed by atoms with van der Waals surface area (Å²) >= 11 is 0. The zero-order chi connectivity index (χ0) is 26.0. The fraction of sp³-hybridized carbons (Fsp3) is 0.115. The number of hydrazone groups is 1. The predicted octanol–water partition coefficient (Wildman–Crippen LogP) is 3.05. The van der Waals surface area contributed by atoms with Gasteiger partial charge in [0.25, 0.3) is 5.91 Å². The number of carbonyl (C=O) groups excluding carboxylic acids is 2. The van der Waals surface area contributed by atoms with Crippen LogP contribution in [0.5, 0.6) is 11.5 Å². The number of nitrogens with zero attached hydrogens (tertiary/aromatic N) is 1. The smallest absolute Gasteiger partial charge is 0.336 e. The largest absolute Gasteiger partial charge is 0.493 e. The number of ether oxygens (including phenoxy) is 2. The number of carbonyl (C=O) groups is 2. The Morgan fingerprint density at radius 3 is 2.36 bits per heavy atom. The standard InChI is InChI=1S/C26H25N3O6S/c1-19-8-12-22(13-9-19)36(32,33)28-18-25(30)29-27-17-21-10-14-23(24(16-21)34-2)35-26(31)15-11-20-6-4-3-5-7-20/h3-17,28H,18H2,1-2H3,(H,29,30). The second kappa shape index (κ2) is 12.4. The predicted molar refractivity (Wildman–Crippen MR) is 136 cm³/mol. The Morgan fingerprint density at radius 2 is 1.67 bits per heavy atom. The van der Waals surface area contributed by atoms with Crippen molar-refractivity contribution in [3.05, 3.63) is 95.6 Å². The van der Waals surface area contributed by atoms with Gasteiger partial charge in [-0.2, -0.15) is 5.10 Å². The monoisotopic (exact) mass is 507 g/mol. The van der Waals surface area contributed by atoms with Crippen LogP contribution in [0.2, 0.25) is 0 Å². The quantitative estimate of drug-likeness (QED) is 0.143. The molecule has 2 N–H and O–H groups in total. The summed E-state index contributed by atoms with van der Waals surface area (Å²) in [6.07, 6.45) is 4.29. The highest BCUT2D eigenvalue weighted by atomic mass is 32.2. The number of methoxy groups -OCH3 is 1. The van der Waals surface area contributed by atoms with Crippen LogP contribution in [-0.2, 0) is 19.6 Å². The van der Waals surface area contributed by atoms with Crippen LogP contribution in [-0.4, -0.2) is 40.2 Å². The van der Waals surface area contributed by atoms with E-state index in [4.69, 9.17) is 9.47 Å². The van der Waals surface area contributed by atoms with Gasteiger partial charge in [-0.3, -0.25) is 4.79 Å². The number of hydrogen-bond donors (Lipinski definition) is 2. The van der Waals surface area contributed by atoms with Gasteiger partial charge in [-0.15, -0.1) is 0 Å². The van der Waals surface area contributed by atoms with Gasteiger partial charge < -0.3 is 9.47 Å². The lowest BCUT2D eigenvalue weighted by molar-refractivity contribution is -0.129. The fourth-order valence-corrected chi connectivity index (χ4v) is 3.88. The summed E-state index contributed by atoms with van der Waals surface area (Å²) in [4.78, 5) is 24.2. The number of hydrogen-bond acceptors (Lipinski definition) is 7. The second-order valence-electron chi connectivity index (χ2n) is 7.51. The van der Waals surface area contributed by atoms with Gasteiger partial charge in [-0.05, 0) is 54.5 Å². The SMILES string of the molecule is COc1cc(C=NNC(=O)CNS(=O)(=O)c2ccc(C)cc2)ccc1OC(=O)C=Cc1ccccc1. The Hall–Kier alpha value is -4.28. The molecule has 186 valence electrons. The highest BCUT2D eigenvalue weighted by Gasteiger charge is 2.15. The van der Waals surface area contributed by atoms with E-state index in [9.17, 15) is 18.0 Å². The van der Waals surface area contributed by atoms with Crippen LogP contribution < -0.4 is 19.6 Å². The van der Waals surface area contributed by atoms with Crippen molar-refractivity contribution in [3.8, 4) is 11.5 Å². The molecule has 0 aliphatic heterocycles. The van der Waals surface area contributed by atoms with Crippen LogP contribution in [0.15, 0.2) is 88.9 Å². The van der Waals surface area contributed by atoms with E-state index in [2.05, 4.69) is 15.2 Å². The molecule has 3 rings (SSSR count). The van der Waals surface area contributed by atoms with E-state index in [1.165, 1.54) is 37.6 Å². The third-order valence-corrected chi connectivity index (χ3v) is 6.18. The van der Waals surface area contributed by atoms with Crippen LogP contribution in [0.25, 0.3) is 6.08 Å². The van der Waals surface area contributed by atoms with E-state index in [1.54, 1.807) is 30.3 Å². The van der Waals surface area contributed by atoms with Gasteiger partial charge >= 0.3 is 5.97 Å². The van der Waals surface area contributed by atoms with Crippen LogP contribution in [0.1, 0.15) is 16.7 Å². The molecule has 0 unspecified atom stereocenters. The van der Waals surface area contributed by atoms with Crippen LogP contribution in [0.4, 0.5) is 0 Å². The number of sulfonamides is 1. The molecule has 9 nitrogen and oxygen atoms in total. The van der Waals surface area contributed by atoms with Crippen molar-refractivity contribution in [2.24, 2.45) is 5.10 Å². The lowest BCUT2D eigenvalue weighted by Gasteiger charge is -2.08. The maximum absolute atomic E-state index is 12.3. The molecular formula is C26H25N3O6S. The summed E-state index contributed by atoms with van der Waals surface area (Å²) in [7, 11) is -2.39. The zero-order valence-electron chi connectivity index (χ0n) is 19.7. The van der Waals surface area contributed by atoms with Gasteiger partial charge in [0.2, 0.25) is 10.0 Å². The molecule has 10 heteroatoms. The van der Waals surface area contributed by atoms with E-state index < -0.39 is 28.4 Å². The third-order valence-electron chi connectivity index (χ3n) is 4.77. The maximum atomic E-state index is 12.3. The highest BCUT2D eigenvalue weighted by molar-refractivity contribution is 7.89. The summed E-state index contributed by atoms with van der Waals surface area (Å²) < 4.78 is 37.3. The van der Waals surface area contributed by atoms with Crippen molar-refractivity contribution in [2.75, 3.05) is 13.7 Å². The molecule has 0 saturated heterocycles. The molecule has 0 aliphatic rings. The normalized spacial score (nSPS) is 11.5. The molecule has 1 amide bonds. The Kier molecular flexibility index (Phi) is 9.09. The van der Waals surface area contributed by atoms with Gasteiger partial charge in [0, 0.05) is 6.08 Å². The Morgan fingerprint density at radius 1 is 0.944 bits per heavy atom. The van der Waals surface area contributed by atoms with E-state index in [1.807, 2.05) is 37.3 Å². The van der Waals surface area contributed by atoms with Crippen molar-refractivity contribution in [1.29, 1.82) is 0 Å². The summed E-state index contributed by atoms with van der Waals surface area (Å²) in [5.41, 5.74) is 4.58. The van der Waals surface area contributed by atoms with E-state index >= 15 is 0 Å². The van der Waals surface area contributed by atoms with Crippen LogP contribution in [0.3, 0.4) is 0 Å². The summed E-state index contributed by atoms with van der Waals surface area (Å²) in [5, 5.41) is 3.82. The average molecular weight is 508 g/mol. The molecule has 0 spiro atoms. The van der Waals surface area contributed by atoms with E-state index in [0.29, 0.717) is 5.56 Å². The number of esters is 1. The molecule has 0 aromatic heterocycles. The summed E-state index contributed by atoms with van der Waals surface area (Å²) in [6, 6.07) is 20.3. The van der Waals surface area contributed by atoms with Gasteiger partial charge in [-0.25, -0.2) is 23.4 Å². The molecule has 3 aromatic rings. The first-order valence-corrected chi connectivity index (χ1v) is 12.3. The molecule has 3 aromatic carbocycles. The first-order valence-electron chi connectivity index (χ1n) is 10.8. The van der Waals surface area contributed by atoms with E-state index in [-0.39, 0.29) is 16.4 Å². The Labute approximate surface area is 209 Å². The van der Waals surface area contributed by atoms with Gasteiger partial charge in [-0.1, -0.05) is 48.0 Å². The lowest BCUT2D eigenvalue weighted by Crippen LogP contribution is -2.34. The summed E-state index contributed by atoms with van der Waals surface area (Å²) in [6.45, 7) is 1.36. The van der Waals surface area contributed by atoms with Crippen molar-refractivity contribution in [3.63, 3.8) is 0 Å². The number of amides is 1. The Bertz CT molecular complexity index is 1370. The maximum Gasteiger partial charge on any atom is 0.336 e. The molecule has 36 heavy (non-hydrogen) atoms. The topological polar surface area (TPSA) is 123 Å². The molecule has 0 heterocycles. The molecule has 0 bridgehead atoms. The average Bonchev–Trinajstić information content (AvgIpc) is 2.88. The lowest BCUT2D eigenvalue weighted by atomic mass is 10.2. The number of nitrogens with one attached hydrogen (secondary N) is 2. The minimum absolute atomic E-state index is 0.0628. The fourth-order valence-electron chi connectivity index (χ4n) is 2.90. The van der Waals surface area contributed by atoms with Crippen molar-refractivity contribution >= 4 is 34.2 Å². The molecule has 0 atom stereocenters. The molecule has 0 fully saturated rings. The molecule has 0 aliphatic carbocycles. The van der Waals surface area contributed by atoms with Crippen molar-refractivity contribution in [2.45, 2.75) is 11.8 Å². The second-order valence-corrected chi connectivity index (χ2v) is 9.27. The number of benzene rings is 3. The molecular weight excluding hydrogens is 482 g/mol. The van der Waals surface area contributed by atoms with Gasteiger partial charge in [0.1, 0.15) is 0 Å². The van der Waals surface area contributed by atoms with Crippen molar-refractivity contribution < 1.29 is 27.5 Å². The van der Waals surface area contributed by atoms with Gasteiger partial charge in [0.05, 0.1) is 24.8 Å². The minimum atomic E-state index is -3.82. The zero-order valence-corrected chi connectivity index (χ0v) is 20.5. The molecule has 0 radical (unpaired) electrons.